The van der Waals surface area contributed by atoms with Crippen LogP contribution in [0, 0.1) is 0 Å². The van der Waals surface area contributed by atoms with Gasteiger partial charge in [-0.2, -0.15) is 0 Å². The zero-order chi connectivity index (χ0) is 36.2. The van der Waals surface area contributed by atoms with Crippen LogP contribution in [0.5, 0.6) is 0 Å². The maximum Gasteiger partial charge on any atom is 0.255 e. The predicted octanol–water partition coefficient (Wildman–Crippen LogP) is 3.35. The number of carbonyl (C=O) groups excluding carboxylic acids is 5. The van der Waals surface area contributed by atoms with E-state index in [4.69, 9.17) is 18.9 Å². The number of imide groups is 1. The van der Waals surface area contributed by atoms with Gasteiger partial charge in [-0.25, -0.2) is 0 Å². The van der Waals surface area contributed by atoms with Crippen molar-refractivity contribution in [3.05, 3.63) is 47.7 Å². The molecule has 0 aliphatic carbocycles. The number of piperidine rings is 1. The Bertz CT molecular complexity index is 1180. The molecule has 1 heterocycles. The number of aldehydes is 1. The number of likely N-dealkylation sites (N-methyl/N-ethyl adjacent to an activating group) is 1. The summed E-state index contributed by atoms with van der Waals surface area (Å²) in [5.74, 6) is -1.56. The number of ether oxygens (including phenoxy) is 4. The number of benzene rings is 1. The van der Waals surface area contributed by atoms with Gasteiger partial charge < -0.3 is 34.5 Å². The molecule has 2 rings (SSSR count). The molecule has 1 unspecified atom stereocenters. The first-order valence-electron chi connectivity index (χ1n) is 18.0. The van der Waals surface area contributed by atoms with E-state index in [-0.39, 0.29) is 48.6 Å². The first kappa shape index (κ1) is 42.5. The van der Waals surface area contributed by atoms with Crippen molar-refractivity contribution in [1.29, 1.82) is 0 Å². The fourth-order valence-electron chi connectivity index (χ4n) is 5.44. The average Bonchev–Trinajstić information content (AvgIpc) is 3.11. The fourth-order valence-corrected chi connectivity index (χ4v) is 5.44. The first-order valence-corrected chi connectivity index (χ1v) is 18.0. The largest absolute Gasteiger partial charge is 0.389 e. The lowest BCUT2D eigenvalue weighted by Crippen LogP contribution is -2.53. The Balaban J connectivity index is 1.45. The Kier molecular flexibility index (Phi) is 23.1. The SMILES string of the molecule is C=CNCCOCCOCCOCCCCCCCCOCCCCNC(=O)CCc1cccc(C=O)c1C(=O)N(C)C1CCC(=O)NC1=O. The zero-order valence-electron chi connectivity index (χ0n) is 29.8. The van der Waals surface area contributed by atoms with Gasteiger partial charge in [0, 0.05) is 58.4 Å². The van der Waals surface area contributed by atoms with Crippen molar-refractivity contribution in [1.82, 2.24) is 20.9 Å². The molecule has 50 heavy (non-hydrogen) atoms. The monoisotopic (exact) mass is 702 g/mol. The van der Waals surface area contributed by atoms with Crippen molar-refractivity contribution >= 4 is 29.9 Å². The van der Waals surface area contributed by atoms with Crippen molar-refractivity contribution in [3.8, 4) is 0 Å². The van der Waals surface area contributed by atoms with Crippen LogP contribution < -0.4 is 16.0 Å². The van der Waals surface area contributed by atoms with Crippen LogP contribution in [0.4, 0.5) is 0 Å². The maximum absolute atomic E-state index is 13.4. The number of rotatable bonds is 30. The van der Waals surface area contributed by atoms with Crippen molar-refractivity contribution in [2.24, 2.45) is 0 Å². The molecule has 1 fully saturated rings. The van der Waals surface area contributed by atoms with Gasteiger partial charge in [-0.15, -0.1) is 0 Å². The summed E-state index contributed by atoms with van der Waals surface area (Å²) < 4.78 is 22.2. The molecule has 1 aliphatic heterocycles. The van der Waals surface area contributed by atoms with E-state index in [1.54, 1.807) is 18.3 Å². The number of carbonyl (C=O) groups is 5. The third-order valence-electron chi connectivity index (χ3n) is 8.29. The first-order chi connectivity index (χ1) is 24.4. The van der Waals surface area contributed by atoms with Crippen molar-refractivity contribution < 1.29 is 42.9 Å². The lowest BCUT2D eigenvalue weighted by atomic mass is 9.95. The number of aryl methyl sites for hydroxylation is 1. The van der Waals surface area contributed by atoms with Gasteiger partial charge >= 0.3 is 0 Å². The van der Waals surface area contributed by atoms with E-state index in [2.05, 4.69) is 22.5 Å². The molecule has 4 amide bonds. The Hall–Kier alpha value is -3.65. The summed E-state index contributed by atoms with van der Waals surface area (Å²) in [5, 5.41) is 8.13. The highest BCUT2D eigenvalue weighted by Crippen LogP contribution is 2.21. The molecule has 280 valence electrons. The minimum absolute atomic E-state index is 0.131. The molecule has 0 radical (unpaired) electrons. The second-order valence-electron chi connectivity index (χ2n) is 12.2. The molecule has 0 saturated carbocycles. The van der Waals surface area contributed by atoms with E-state index in [1.165, 1.54) is 30.9 Å². The quantitative estimate of drug-likeness (QED) is 0.0616. The molecule has 1 aromatic rings. The molecule has 1 saturated heterocycles. The standard InChI is InChI=1S/C37H58N4O9/c1-3-38-20-24-49-26-28-50-27-25-48-22-10-7-5-4-6-9-21-47-23-11-8-19-39-33(43)17-15-30-13-12-14-31(29-42)35(30)37(46)41(2)32-16-18-34(44)40-36(32)45/h3,12-14,29,32,38H,1,4-11,15-28H2,2H3,(H,39,43)(H,40,44,45). The van der Waals surface area contributed by atoms with Crippen molar-refractivity contribution in [2.75, 3.05) is 73.0 Å². The molecular weight excluding hydrogens is 644 g/mol. The van der Waals surface area contributed by atoms with E-state index in [0.29, 0.717) is 58.0 Å². The molecule has 1 aromatic carbocycles. The van der Waals surface area contributed by atoms with Crippen molar-refractivity contribution in [2.45, 2.75) is 83.1 Å². The summed E-state index contributed by atoms with van der Waals surface area (Å²) in [7, 11) is 1.48. The Labute approximate surface area is 297 Å². The highest BCUT2D eigenvalue weighted by Gasteiger charge is 2.34. The van der Waals surface area contributed by atoms with E-state index in [0.717, 1.165) is 58.3 Å². The number of nitrogens with zero attached hydrogens (tertiary/aromatic N) is 1. The van der Waals surface area contributed by atoms with Crippen LogP contribution in [0.25, 0.3) is 0 Å². The number of hydrogen-bond donors (Lipinski definition) is 3. The summed E-state index contributed by atoms with van der Waals surface area (Å²) in [6, 6.07) is 4.10. The normalized spacial score (nSPS) is 14.2. The highest BCUT2D eigenvalue weighted by molar-refractivity contribution is 6.06. The average molecular weight is 703 g/mol. The topological polar surface area (TPSA) is 162 Å². The molecule has 13 nitrogen and oxygen atoms in total. The lowest BCUT2D eigenvalue weighted by Gasteiger charge is -2.30. The molecule has 0 aromatic heterocycles. The molecule has 1 atom stereocenters. The Morgan fingerprint density at radius 2 is 1.46 bits per heavy atom. The summed E-state index contributed by atoms with van der Waals surface area (Å²) in [6.45, 7) is 10.0. The smallest absolute Gasteiger partial charge is 0.255 e. The molecule has 0 spiro atoms. The van der Waals surface area contributed by atoms with Crippen LogP contribution in [-0.2, 0) is 39.8 Å². The van der Waals surface area contributed by atoms with Crippen LogP contribution in [0.3, 0.4) is 0 Å². The maximum atomic E-state index is 13.4. The molecule has 1 aliphatic rings. The summed E-state index contributed by atoms with van der Waals surface area (Å²) in [4.78, 5) is 62.7. The third kappa shape index (κ3) is 17.8. The van der Waals surface area contributed by atoms with Crippen molar-refractivity contribution in [3.63, 3.8) is 0 Å². The van der Waals surface area contributed by atoms with Crippen LogP contribution in [0.15, 0.2) is 31.0 Å². The zero-order valence-corrected chi connectivity index (χ0v) is 29.8. The fraction of sp³-hybridized carbons (Fsp3) is 0.649. The van der Waals surface area contributed by atoms with Crippen LogP contribution in [0.1, 0.15) is 96.9 Å². The second-order valence-corrected chi connectivity index (χ2v) is 12.2. The van der Waals surface area contributed by atoms with Crippen LogP contribution >= 0.6 is 0 Å². The third-order valence-corrected chi connectivity index (χ3v) is 8.29. The van der Waals surface area contributed by atoms with Crippen LogP contribution in [0.2, 0.25) is 0 Å². The minimum atomic E-state index is -0.814. The molecule has 13 heteroatoms. The summed E-state index contributed by atoms with van der Waals surface area (Å²) >= 11 is 0. The number of unbranched alkanes of at least 4 members (excludes halogenated alkanes) is 6. The second kappa shape index (κ2) is 27.1. The van der Waals surface area contributed by atoms with E-state index in [9.17, 15) is 24.0 Å². The van der Waals surface area contributed by atoms with Gasteiger partial charge in [0.1, 0.15) is 6.04 Å². The summed E-state index contributed by atoms with van der Waals surface area (Å²) in [5.41, 5.74) is 0.922. The van der Waals surface area contributed by atoms with E-state index in [1.807, 2.05) is 0 Å². The van der Waals surface area contributed by atoms with Gasteiger partial charge in [0.2, 0.25) is 17.7 Å². The number of nitrogens with one attached hydrogen (secondary N) is 3. The molecular formula is C37H58N4O9. The van der Waals surface area contributed by atoms with E-state index >= 15 is 0 Å². The van der Waals surface area contributed by atoms with Crippen LogP contribution in [-0.4, -0.2) is 114 Å². The highest BCUT2D eigenvalue weighted by atomic mass is 16.5. The van der Waals surface area contributed by atoms with Gasteiger partial charge in [-0.05, 0) is 50.3 Å². The Morgan fingerprint density at radius 1 is 0.860 bits per heavy atom. The minimum Gasteiger partial charge on any atom is -0.389 e. The summed E-state index contributed by atoms with van der Waals surface area (Å²) in [6.07, 6.45) is 11.4. The Morgan fingerprint density at radius 3 is 2.10 bits per heavy atom. The van der Waals surface area contributed by atoms with Gasteiger partial charge in [0.25, 0.3) is 5.91 Å². The van der Waals surface area contributed by atoms with E-state index < -0.39 is 17.9 Å². The number of amides is 4. The molecule has 3 N–H and O–H groups in total. The molecule has 0 bridgehead atoms. The van der Waals surface area contributed by atoms with Gasteiger partial charge in [-0.3, -0.25) is 29.3 Å². The lowest BCUT2D eigenvalue weighted by molar-refractivity contribution is -0.136. The van der Waals surface area contributed by atoms with Gasteiger partial charge in [-0.1, -0.05) is 50.5 Å². The number of hydrogen-bond acceptors (Lipinski definition) is 10. The predicted molar refractivity (Wildman–Crippen MR) is 190 cm³/mol. The van der Waals surface area contributed by atoms with Gasteiger partial charge in [0.05, 0.1) is 38.6 Å². The van der Waals surface area contributed by atoms with Gasteiger partial charge in [0.15, 0.2) is 6.29 Å².